The summed E-state index contributed by atoms with van der Waals surface area (Å²) in [7, 11) is -3.37. The molecule has 1 N–H and O–H groups in total. The third-order valence-corrected chi connectivity index (χ3v) is 6.58. The molecule has 0 atom stereocenters. The lowest BCUT2D eigenvalue weighted by Crippen LogP contribution is -2.31. The number of rotatable bonds is 6. The number of amides is 1. The van der Waals surface area contributed by atoms with E-state index in [4.69, 9.17) is 0 Å². The van der Waals surface area contributed by atoms with Crippen molar-refractivity contribution in [3.05, 3.63) is 81.5 Å². The number of benzene rings is 1. The van der Waals surface area contributed by atoms with Crippen molar-refractivity contribution in [3.8, 4) is 11.1 Å². The molecule has 35 heavy (non-hydrogen) atoms. The van der Waals surface area contributed by atoms with Gasteiger partial charge >= 0.3 is 6.18 Å². The van der Waals surface area contributed by atoms with Gasteiger partial charge in [-0.15, -0.1) is 0 Å². The predicted molar refractivity (Wildman–Crippen MR) is 125 cm³/mol. The molecule has 1 aromatic carbocycles. The number of pyridine rings is 2. The third-order valence-electron chi connectivity index (χ3n) is 5.45. The summed E-state index contributed by atoms with van der Waals surface area (Å²) < 4.78 is 64.5. The van der Waals surface area contributed by atoms with Crippen LogP contribution >= 0.6 is 0 Å². The first kappa shape index (κ1) is 26.1. The number of aromatic nitrogens is 2. The fraction of sp³-hybridized carbons (Fsp3) is 0.292. The molecule has 11 heteroatoms. The Balaban J connectivity index is 2.01. The number of halogens is 3. The summed E-state index contributed by atoms with van der Waals surface area (Å²) in [5.74, 6) is -0.710. The Bertz CT molecular complexity index is 1430. The van der Waals surface area contributed by atoms with Gasteiger partial charge in [0.2, 0.25) is 5.43 Å². The molecule has 7 nitrogen and oxygen atoms in total. The largest absolute Gasteiger partial charge is 0.417 e. The zero-order valence-corrected chi connectivity index (χ0v) is 20.3. The number of nitrogens with one attached hydrogen (secondary N) is 1. The maximum Gasteiger partial charge on any atom is 0.417 e. The number of carbonyl (C=O) groups is 1. The van der Waals surface area contributed by atoms with E-state index in [1.807, 2.05) is 13.8 Å². The normalized spacial score (nSPS) is 12.1. The molecule has 0 aliphatic rings. The standard InChI is InChI=1S/C24H24F3N3O4S/c1-14(2)30-13-20(23(32)29-10-16-5-7-19(8-6-16)35(4,33)34)22(31)21(15(30)3)17-9-18(12-28-11-17)24(25,26)27/h5-9,11-14H,10H2,1-4H3,(H,29,32). The molecular weight excluding hydrogens is 483 g/mol. The van der Waals surface area contributed by atoms with Gasteiger partial charge in [0.15, 0.2) is 9.84 Å². The Morgan fingerprint density at radius 1 is 1.14 bits per heavy atom. The SMILES string of the molecule is Cc1c(-c2cncc(C(F)(F)F)c2)c(=O)c(C(=O)NCc2ccc(S(C)(=O)=O)cc2)cn1C(C)C. The molecule has 0 aliphatic carbocycles. The van der Waals surface area contributed by atoms with Gasteiger partial charge in [0.1, 0.15) is 5.56 Å². The zero-order valence-electron chi connectivity index (χ0n) is 19.5. The minimum absolute atomic E-state index is 0.0122. The molecule has 0 saturated heterocycles. The minimum atomic E-state index is -4.64. The highest BCUT2D eigenvalue weighted by molar-refractivity contribution is 7.90. The Labute approximate surface area is 200 Å². The van der Waals surface area contributed by atoms with Gasteiger partial charge in [0, 0.05) is 48.7 Å². The molecule has 0 aliphatic heterocycles. The van der Waals surface area contributed by atoms with Crippen molar-refractivity contribution in [2.75, 3.05) is 6.26 Å². The van der Waals surface area contributed by atoms with Crippen molar-refractivity contribution in [2.45, 2.75) is 44.4 Å². The highest BCUT2D eigenvalue weighted by Gasteiger charge is 2.32. The first-order valence-electron chi connectivity index (χ1n) is 10.6. The molecule has 0 fully saturated rings. The summed E-state index contributed by atoms with van der Waals surface area (Å²) in [5.41, 5.74) is -1.03. The van der Waals surface area contributed by atoms with Crippen LogP contribution in [0, 0.1) is 6.92 Å². The Morgan fingerprint density at radius 2 is 1.77 bits per heavy atom. The summed E-state index contributed by atoms with van der Waals surface area (Å²) in [6.07, 6.45) is -0.344. The molecule has 0 unspecified atom stereocenters. The van der Waals surface area contributed by atoms with Crippen LogP contribution < -0.4 is 10.7 Å². The van der Waals surface area contributed by atoms with Crippen molar-refractivity contribution in [1.29, 1.82) is 0 Å². The van der Waals surface area contributed by atoms with Gasteiger partial charge < -0.3 is 9.88 Å². The summed E-state index contributed by atoms with van der Waals surface area (Å²) in [6, 6.07) is 6.55. The average molecular weight is 508 g/mol. The highest BCUT2D eigenvalue weighted by atomic mass is 32.2. The summed E-state index contributed by atoms with van der Waals surface area (Å²) in [5, 5.41) is 2.62. The molecule has 3 aromatic rings. The van der Waals surface area contributed by atoms with E-state index in [1.165, 1.54) is 30.5 Å². The first-order valence-corrected chi connectivity index (χ1v) is 12.4. The van der Waals surface area contributed by atoms with E-state index in [1.54, 1.807) is 11.5 Å². The number of hydrogen-bond acceptors (Lipinski definition) is 5. The fourth-order valence-corrected chi connectivity index (χ4v) is 4.25. The van der Waals surface area contributed by atoms with Crippen LogP contribution in [-0.2, 0) is 22.6 Å². The van der Waals surface area contributed by atoms with Crippen LogP contribution in [-0.4, -0.2) is 30.1 Å². The van der Waals surface area contributed by atoms with Gasteiger partial charge in [-0.1, -0.05) is 12.1 Å². The fourth-order valence-electron chi connectivity index (χ4n) is 3.62. The van der Waals surface area contributed by atoms with Crippen LogP contribution in [0.5, 0.6) is 0 Å². The van der Waals surface area contributed by atoms with Gasteiger partial charge in [-0.2, -0.15) is 13.2 Å². The topological polar surface area (TPSA) is 98.1 Å². The van der Waals surface area contributed by atoms with E-state index in [-0.39, 0.29) is 34.2 Å². The molecule has 0 spiro atoms. The molecular formula is C24H24F3N3O4S. The van der Waals surface area contributed by atoms with E-state index in [9.17, 15) is 31.2 Å². The molecule has 0 saturated carbocycles. The monoisotopic (exact) mass is 507 g/mol. The average Bonchev–Trinajstić information content (AvgIpc) is 2.76. The summed E-state index contributed by atoms with van der Waals surface area (Å²) in [6.45, 7) is 5.24. The van der Waals surface area contributed by atoms with Crippen LogP contribution in [0.25, 0.3) is 11.1 Å². The smallest absolute Gasteiger partial charge is 0.348 e. The summed E-state index contributed by atoms with van der Waals surface area (Å²) in [4.78, 5) is 30.0. The van der Waals surface area contributed by atoms with Crippen molar-refractivity contribution < 1.29 is 26.4 Å². The number of nitrogens with zero attached hydrogens (tertiary/aromatic N) is 2. The maximum absolute atomic E-state index is 13.3. The van der Waals surface area contributed by atoms with E-state index in [0.29, 0.717) is 17.5 Å². The molecule has 3 rings (SSSR count). The molecule has 186 valence electrons. The maximum atomic E-state index is 13.3. The van der Waals surface area contributed by atoms with E-state index in [0.717, 1.165) is 18.5 Å². The Kier molecular flexibility index (Phi) is 7.21. The Hall–Kier alpha value is -3.47. The lowest BCUT2D eigenvalue weighted by atomic mass is 10.0. The molecule has 0 bridgehead atoms. The van der Waals surface area contributed by atoms with Gasteiger partial charge in [-0.25, -0.2) is 8.42 Å². The summed E-state index contributed by atoms with van der Waals surface area (Å²) >= 11 is 0. The van der Waals surface area contributed by atoms with Crippen molar-refractivity contribution in [2.24, 2.45) is 0 Å². The van der Waals surface area contributed by atoms with Gasteiger partial charge in [0.05, 0.1) is 16.0 Å². The van der Waals surface area contributed by atoms with Crippen molar-refractivity contribution >= 4 is 15.7 Å². The van der Waals surface area contributed by atoms with Crippen LogP contribution in [0.4, 0.5) is 13.2 Å². The number of hydrogen-bond donors (Lipinski definition) is 1. The molecule has 1 amide bonds. The third kappa shape index (κ3) is 5.79. The van der Waals surface area contributed by atoms with Gasteiger partial charge in [0.25, 0.3) is 5.91 Å². The first-order chi connectivity index (χ1) is 16.2. The van der Waals surface area contributed by atoms with Crippen molar-refractivity contribution in [3.63, 3.8) is 0 Å². The number of carbonyl (C=O) groups excluding carboxylic acids is 1. The van der Waals surface area contributed by atoms with Gasteiger partial charge in [-0.3, -0.25) is 14.6 Å². The van der Waals surface area contributed by atoms with Crippen molar-refractivity contribution in [1.82, 2.24) is 14.9 Å². The van der Waals surface area contributed by atoms with Crippen LogP contribution in [0.1, 0.15) is 47.1 Å². The van der Waals surface area contributed by atoms with Crippen LogP contribution in [0.2, 0.25) is 0 Å². The minimum Gasteiger partial charge on any atom is -0.348 e. The zero-order chi connectivity index (χ0) is 26.1. The van der Waals surface area contributed by atoms with E-state index in [2.05, 4.69) is 10.3 Å². The van der Waals surface area contributed by atoms with Crippen LogP contribution in [0.15, 0.2) is 58.6 Å². The van der Waals surface area contributed by atoms with E-state index < -0.39 is 32.9 Å². The Morgan fingerprint density at radius 3 is 2.31 bits per heavy atom. The van der Waals surface area contributed by atoms with Gasteiger partial charge in [-0.05, 0) is 44.5 Å². The highest BCUT2D eigenvalue weighted by Crippen LogP contribution is 2.32. The predicted octanol–water partition coefficient (Wildman–Crippen LogP) is 4.15. The number of sulfone groups is 1. The quantitative estimate of drug-likeness (QED) is 0.541. The second-order valence-corrected chi connectivity index (χ2v) is 10.4. The van der Waals surface area contributed by atoms with E-state index >= 15 is 0 Å². The molecule has 2 aromatic heterocycles. The van der Waals surface area contributed by atoms with Crippen LogP contribution in [0.3, 0.4) is 0 Å². The second kappa shape index (κ2) is 9.65. The lowest BCUT2D eigenvalue weighted by molar-refractivity contribution is -0.137. The second-order valence-electron chi connectivity index (χ2n) is 8.39. The lowest BCUT2D eigenvalue weighted by Gasteiger charge is -2.20. The molecule has 2 heterocycles. The number of alkyl halides is 3. The molecule has 0 radical (unpaired) electrons.